The Hall–Kier alpha value is -1.02. The molecule has 0 saturated heterocycles. The summed E-state index contributed by atoms with van der Waals surface area (Å²) in [5, 5.41) is 1.05. The Bertz CT molecular complexity index is 490. The zero-order valence-corrected chi connectivity index (χ0v) is 9.42. The summed E-state index contributed by atoms with van der Waals surface area (Å²) in [7, 11) is 0. The molecule has 3 heteroatoms. The van der Waals surface area contributed by atoms with E-state index >= 15 is 0 Å². The lowest BCUT2D eigenvalue weighted by atomic mass is 10.2. The van der Waals surface area contributed by atoms with Crippen LogP contribution in [0.25, 0.3) is 10.9 Å². The first-order chi connectivity index (χ1) is 7.13. The van der Waals surface area contributed by atoms with Crippen LogP contribution in [0.2, 0.25) is 5.02 Å². The van der Waals surface area contributed by atoms with E-state index in [2.05, 4.69) is 17.9 Å². The lowest BCUT2D eigenvalue weighted by Gasteiger charge is -2.12. The third-order valence-electron chi connectivity index (χ3n) is 2.68. The van der Waals surface area contributed by atoms with E-state index in [-0.39, 0.29) is 16.9 Å². The SMILES string of the molecule is C[CH]C(C)n1ccc2cc(F)c(Cl)cc21. The summed E-state index contributed by atoms with van der Waals surface area (Å²) < 4.78 is 15.3. The van der Waals surface area contributed by atoms with Crippen molar-refractivity contribution in [3.8, 4) is 0 Å². The Kier molecular flexibility index (Phi) is 2.70. The van der Waals surface area contributed by atoms with E-state index in [4.69, 9.17) is 11.6 Å². The molecule has 1 unspecified atom stereocenters. The molecule has 0 aliphatic heterocycles. The van der Waals surface area contributed by atoms with E-state index < -0.39 is 0 Å². The highest BCUT2D eigenvalue weighted by Gasteiger charge is 2.09. The fourth-order valence-electron chi connectivity index (χ4n) is 1.67. The van der Waals surface area contributed by atoms with Gasteiger partial charge in [0, 0.05) is 23.1 Å². The first-order valence-corrected chi connectivity index (χ1v) is 5.26. The second-order valence-electron chi connectivity index (χ2n) is 3.62. The van der Waals surface area contributed by atoms with Gasteiger partial charge in [-0.15, -0.1) is 0 Å². The molecule has 2 rings (SSSR count). The number of halogens is 2. The number of hydrogen-bond acceptors (Lipinski definition) is 0. The maximum absolute atomic E-state index is 13.2. The van der Waals surface area contributed by atoms with Crippen molar-refractivity contribution in [2.75, 3.05) is 0 Å². The van der Waals surface area contributed by atoms with Gasteiger partial charge in [0.1, 0.15) is 5.82 Å². The fraction of sp³-hybridized carbons (Fsp3) is 0.250. The standard InChI is InChI=1S/C12H12ClFN/c1-3-8(2)15-5-4-9-6-11(14)10(13)7-12(9)15/h3-8H,1-2H3. The minimum absolute atomic E-state index is 0.172. The van der Waals surface area contributed by atoms with Crippen molar-refractivity contribution in [3.63, 3.8) is 0 Å². The van der Waals surface area contributed by atoms with Crippen LogP contribution in [0, 0.1) is 12.2 Å². The van der Waals surface area contributed by atoms with Crippen molar-refractivity contribution in [1.29, 1.82) is 0 Å². The molecule has 0 aliphatic rings. The van der Waals surface area contributed by atoms with Gasteiger partial charge in [-0.2, -0.15) is 0 Å². The van der Waals surface area contributed by atoms with E-state index in [1.54, 1.807) is 6.07 Å². The highest BCUT2D eigenvalue weighted by atomic mass is 35.5. The molecular formula is C12H12ClFN. The number of nitrogens with zero attached hydrogens (tertiary/aromatic N) is 1. The summed E-state index contributed by atoms with van der Waals surface area (Å²) in [6.07, 6.45) is 4.03. The summed E-state index contributed by atoms with van der Waals surface area (Å²) in [6, 6.07) is 5.32. The normalized spacial score (nSPS) is 13.3. The second-order valence-corrected chi connectivity index (χ2v) is 4.03. The first kappa shape index (κ1) is 10.5. The van der Waals surface area contributed by atoms with Crippen LogP contribution < -0.4 is 0 Å². The van der Waals surface area contributed by atoms with Gasteiger partial charge in [0.05, 0.1) is 5.02 Å². The summed E-state index contributed by atoms with van der Waals surface area (Å²) >= 11 is 5.77. The maximum Gasteiger partial charge on any atom is 0.142 e. The summed E-state index contributed by atoms with van der Waals surface area (Å²) in [4.78, 5) is 0. The van der Waals surface area contributed by atoms with Crippen molar-refractivity contribution >= 4 is 22.5 Å². The highest BCUT2D eigenvalue weighted by Crippen LogP contribution is 2.26. The summed E-state index contributed by atoms with van der Waals surface area (Å²) in [5.41, 5.74) is 0.965. The van der Waals surface area contributed by atoms with Gasteiger partial charge in [-0.05, 0) is 31.5 Å². The van der Waals surface area contributed by atoms with Crippen LogP contribution in [0.3, 0.4) is 0 Å². The van der Waals surface area contributed by atoms with Crippen molar-refractivity contribution in [3.05, 3.63) is 41.7 Å². The van der Waals surface area contributed by atoms with E-state index in [9.17, 15) is 4.39 Å². The van der Waals surface area contributed by atoms with Crippen molar-refractivity contribution in [2.45, 2.75) is 19.9 Å². The Morgan fingerprint density at radius 2 is 2.20 bits per heavy atom. The second kappa shape index (κ2) is 3.86. The molecule has 0 N–H and O–H groups in total. The number of rotatable bonds is 2. The molecule has 0 fully saturated rings. The number of hydrogen-bond donors (Lipinski definition) is 0. The topological polar surface area (TPSA) is 4.93 Å². The molecule has 2 aromatic rings. The van der Waals surface area contributed by atoms with Crippen LogP contribution in [0.15, 0.2) is 24.4 Å². The van der Waals surface area contributed by atoms with Gasteiger partial charge < -0.3 is 4.57 Å². The molecule has 0 amide bonds. The van der Waals surface area contributed by atoms with E-state index in [0.29, 0.717) is 0 Å². The van der Waals surface area contributed by atoms with Gasteiger partial charge in [-0.3, -0.25) is 0 Å². The smallest absolute Gasteiger partial charge is 0.142 e. The van der Waals surface area contributed by atoms with Gasteiger partial charge in [0.25, 0.3) is 0 Å². The largest absolute Gasteiger partial charge is 0.344 e. The zero-order valence-electron chi connectivity index (χ0n) is 8.67. The van der Waals surface area contributed by atoms with Gasteiger partial charge in [0.15, 0.2) is 0 Å². The Morgan fingerprint density at radius 1 is 1.47 bits per heavy atom. The van der Waals surface area contributed by atoms with Gasteiger partial charge in [-0.25, -0.2) is 4.39 Å². The number of benzene rings is 1. The zero-order chi connectivity index (χ0) is 11.0. The van der Waals surface area contributed by atoms with Gasteiger partial charge in [0.2, 0.25) is 0 Å². The third-order valence-corrected chi connectivity index (χ3v) is 2.97. The van der Waals surface area contributed by atoms with Crippen LogP contribution in [0.5, 0.6) is 0 Å². The van der Waals surface area contributed by atoms with Crippen molar-refractivity contribution in [1.82, 2.24) is 4.57 Å². The predicted octanol–water partition coefficient (Wildman–Crippen LogP) is 4.22. The first-order valence-electron chi connectivity index (χ1n) is 4.88. The lowest BCUT2D eigenvalue weighted by Crippen LogP contribution is -2.02. The summed E-state index contributed by atoms with van der Waals surface area (Å²) in [6.45, 7) is 4.08. The maximum atomic E-state index is 13.2. The average molecular weight is 225 g/mol. The number of aromatic nitrogens is 1. The predicted molar refractivity (Wildman–Crippen MR) is 61.6 cm³/mol. The molecule has 1 aromatic heterocycles. The van der Waals surface area contributed by atoms with Gasteiger partial charge in [-0.1, -0.05) is 18.5 Å². The lowest BCUT2D eigenvalue weighted by molar-refractivity contribution is 0.627. The molecular weight excluding hydrogens is 213 g/mol. The van der Waals surface area contributed by atoms with Crippen LogP contribution in [-0.2, 0) is 0 Å². The van der Waals surface area contributed by atoms with E-state index in [1.165, 1.54) is 6.07 Å². The molecule has 1 heterocycles. The molecule has 1 nitrogen and oxygen atoms in total. The van der Waals surface area contributed by atoms with Gasteiger partial charge >= 0.3 is 0 Å². The van der Waals surface area contributed by atoms with E-state index in [1.807, 2.05) is 19.2 Å². The van der Waals surface area contributed by atoms with E-state index in [0.717, 1.165) is 10.9 Å². The van der Waals surface area contributed by atoms with Crippen LogP contribution in [0.1, 0.15) is 19.9 Å². The molecule has 0 saturated carbocycles. The molecule has 0 aliphatic carbocycles. The Morgan fingerprint density at radius 3 is 2.87 bits per heavy atom. The van der Waals surface area contributed by atoms with Crippen LogP contribution >= 0.6 is 11.6 Å². The van der Waals surface area contributed by atoms with Crippen molar-refractivity contribution in [2.24, 2.45) is 0 Å². The molecule has 0 spiro atoms. The molecule has 0 bridgehead atoms. The highest BCUT2D eigenvalue weighted by molar-refractivity contribution is 6.31. The molecule has 1 aromatic carbocycles. The Balaban J connectivity index is 2.64. The minimum atomic E-state index is -0.366. The van der Waals surface area contributed by atoms with Crippen LogP contribution in [0.4, 0.5) is 4.39 Å². The third kappa shape index (κ3) is 1.74. The average Bonchev–Trinajstić information content (AvgIpc) is 2.61. The molecule has 1 radical (unpaired) electrons. The molecule has 15 heavy (non-hydrogen) atoms. The summed E-state index contributed by atoms with van der Waals surface area (Å²) in [5.74, 6) is -0.366. The molecule has 1 atom stereocenters. The molecule has 79 valence electrons. The number of fused-ring (bicyclic) bond motifs is 1. The quantitative estimate of drug-likeness (QED) is 0.720. The minimum Gasteiger partial charge on any atom is -0.344 e. The van der Waals surface area contributed by atoms with Crippen LogP contribution in [-0.4, -0.2) is 4.57 Å². The monoisotopic (exact) mass is 224 g/mol. The Labute approximate surface area is 93.5 Å². The fourth-order valence-corrected chi connectivity index (χ4v) is 1.82. The van der Waals surface area contributed by atoms with Crippen molar-refractivity contribution < 1.29 is 4.39 Å².